The van der Waals surface area contributed by atoms with Gasteiger partial charge in [-0.3, -0.25) is 0 Å². The third-order valence-corrected chi connectivity index (χ3v) is 3.59. The molecule has 0 spiro atoms. The molecular formula is C15H14Cl2N2O2. The Hall–Kier alpha value is -1.91. The minimum absolute atomic E-state index is 0.00565. The fourth-order valence-corrected chi connectivity index (χ4v) is 2.17. The largest absolute Gasteiger partial charge is 0.487 e. The normalized spacial score (nSPS) is 11.5. The summed E-state index contributed by atoms with van der Waals surface area (Å²) in [5, 5.41) is 12.6. The number of benzene rings is 2. The van der Waals surface area contributed by atoms with Gasteiger partial charge in [0.1, 0.15) is 12.4 Å². The third kappa shape index (κ3) is 3.80. The maximum absolute atomic E-state index is 8.64. The molecule has 6 heteroatoms. The van der Waals surface area contributed by atoms with Crippen molar-refractivity contribution in [1.29, 1.82) is 0 Å². The molecule has 2 aromatic carbocycles. The zero-order valence-electron chi connectivity index (χ0n) is 11.3. The van der Waals surface area contributed by atoms with Crippen LogP contribution in [0.5, 0.6) is 5.75 Å². The van der Waals surface area contributed by atoms with Gasteiger partial charge in [-0.15, -0.1) is 0 Å². The quantitative estimate of drug-likeness (QED) is 0.387. The number of halogens is 2. The van der Waals surface area contributed by atoms with Gasteiger partial charge in [-0.1, -0.05) is 46.6 Å². The van der Waals surface area contributed by atoms with Gasteiger partial charge in [-0.25, -0.2) is 0 Å². The lowest BCUT2D eigenvalue weighted by molar-refractivity contribution is 0.306. The summed E-state index contributed by atoms with van der Waals surface area (Å²) in [5.74, 6) is 0.611. The van der Waals surface area contributed by atoms with E-state index < -0.39 is 0 Å². The van der Waals surface area contributed by atoms with Crippen LogP contribution >= 0.6 is 23.2 Å². The van der Waals surface area contributed by atoms with Crippen molar-refractivity contribution >= 4 is 29.0 Å². The highest BCUT2D eigenvalue weighted by atomic mass is 35.5. The number of rotatable bonds is 4. The van der Waals surface area contributed by atoms with Gasteiger partial charge in [-0.05, 0) is 30.7 Å². The van der Waals surface area contributed by atoms with Gasteiger partial charge >= 0.3 is 0 Å². The number of hydrogen-bond donors (Lipinski definition) is 2. The second-order valence-electron chi connectivity index (χ2n) is 4.51. The molecule has 0 fully saturated rings. The molecule has 0 radical (unpaired) electrons. The standard InChI is InChI=1S/C15H14Cl2N2O2/c1-9-2-5-12(16)14(6-9)21-8-11-4-3-10(7-13(11)17)15(18)19-20/h2-7,20H,8H2,1H3,(H2,18,19). The monoisotopic (exact) mass is 324 g/mol. The summed E-state index contributed by atoms with van der Waals surface area (Å²) in [6.45, 7) is 2.24. The number of nitrogens with two attached hydrogens (primary N) is 1. The molecule has 0 amide bonds. The summed E-state index contributed by atoms with van der Waals surface area (Å²) in [7, 11) is 0. The first kappa shape index (κ1) is 15.5. The lowest BCUT2D eigenvalue weighted by Crippen LogP contribution is -2.13. The first-order valence-electron chi connectivity index (χ1n) is 6.16. The van der Waals surface area contributed by atoms with E-state index in [1.807, 2.05) is 19.1 Å². The van der Waals surface area contributed by atoms with Crippen LogP contribution in [0.1, 0.15) is 16.7 Å². The summed E-state index contributed by atoms with van der Waals surface area (Å²) < 4.78 is 5.68. The van der Waals surface area contributed by atoms with Crippen LogP contribution in [-0.4, -0.2) is 11.0 Å². The minimum Gasteiger partial charge on any atom is -0.487 e. The van der Waals surface area contributed by atoms with Crippen LogP contribution in [0.15, 0.2) is 41.6 Å². The maximum Gasteiger partial charge on any atom is 0.170 e. The smallest absolute Gasteiger partial charge is 0.170 e. The second kappa shape index (κ2) is 6.70. The Morgan fingerprint density at radius 2 is 1.95 bits per heavy atom. The van der Waals surface area contributed by atoms with Crippen LogP contribution in [0.25, 0.3) is 0 Å². The third-order valence-electron chi connectivity index (χ3n) is 2.93. The highest BCUT2D eigenvalue weighted by Crippen LogP contribution is 2.27. The SMILES string of the molecule is Cc1ccc(Cl)c(OCc2ccc(/C(N)=N/O)cc2Cl)c1. The molecule has 0 heterocycles. The van der Waals surface area contributed by atoms with Crippen molar-refractivity contribution in [3.8, 4) is 5.75 Å². The van der Waals surface area contributed by atoms with E-state index in [4.69, 9.17) is 38.9 Å². The molecule has 0 aliphatic carbocycles. The molecule has 2 rings (SSSR count). The van der Waals surface area contributed by atoms with Crippen LogP contribution in [0, 0.1) is 6.92 Å². The molecule has 0 aliphatic heterocycles. The van der Waals surface area contributed by atoms with Crippen LogP contribution in [0.4, 0.5) is 0 Å². The average molecular weight is 325 g/mol. The van der Waals surface area contributed by atoms with Crippen LogP contribution < -0.4 is 10.5 Å². The second-order valence-corrected chi connectivity index (χ2v) is 5.33. The number of oxime groups is 1. The molecule has 0 aromatic heterocycles. The number of aryl methyl sites for hydroxylation is 1. The fraction of sp³-hybridized carbons (Fsp3) is 0.133. The van der Waals surface area contributed by atoms with Crippen LogP contribution in [0.3, 0.4) is 0 Å². The summed E-state index contributed by atoms with van der Waals surface area (Å²) in [6, 6.07) is 10.6. The van der Waals surface area contributed by atoms with E-state index >= 15 is 0 Å². The number of hydrogen-bond acceptors (Lipinski definition) is 3. The van der Waals surface area contributed by atoms with E-state index in [0.717, 1.165) is 11.1 Å². The van der Waals surface area contributed by atoms with Gasteiger partial charge in [0.25, 0.3) is 0 Å². The molecule has 0 aliphatic rings. The Labute approximate surface area is 132 Å². The topological polar surface area (TPSA) is 67.8 Å². The van der Waals surface area contributed by atoms with Gasteiger partial charge < -0.3 is 15.7 Å². The Morgan fingerprint density at radius 1 is 1.19 bits per heavy atom. The van der Waals surface area contributed by atoms with Crippen molar-refractivity contribution in [3.05, 3.63) is 63.1 Å². The van der Waals surface area contributed by atoms with Gasteiger partial charge in [0.15, 0.2) is 5.84 Å². The molecule has 2 aromatic rings. The molecule has 4 nitrogen and oxygen atoms in total. The van der Waals surface area contributed by atoms with Gasteiger partial charge in [0.05, 0.1) is 5.02 Å². The highest BCUT2D eigenvalue weighted by molar-refractivity contribution is 6.32. The van der Waals surface area contributed by atoms with E-state index in [9.17, 15) is 0 Å². The van der Waals surface area contributed by atoms with E-state index in [1.165, 1.54) is 0 Å². The lowest BCUT2D eigenvalue weighted by Gasteiger charge is -2.11. The number of amidine groups is 1. The van der Waals surface area contributed by atoms with E-state index in [-0.39, 0.29) is 12.4 Å². The Morgan fingerprint density at radius 3 is 2.62 bits per heavy atom. The number of ether oxygens (including phenoxy) is 1. The molecule has 0 saturated carbocycles. The summed E-state index contributed by atoms with van der Waals surface area (Å²) >= 11 is 12.2. The van der Waals surface area contributed by atoms with E-state index in [0.29, 0.717) is 21.4 Å². The summed E-state index contributed by atoms with van der Waals surface area (Å²) in [5.41, 5.74) is 7.89. The van der Waals surface area contributed by atoms with Crippen molar-refractivity contribution in [3.63, 3.8) is 0 Å². The van der Waals surface area contributed by atoms with Gasteiger partial charge in [-0.2, -0.15) is 0 Å². The Kier molecular flexibility index (Phi) is 4.94. The van der Waals surface area contributed by atoms with E-state index in [1.54, 1.807) is 24.3 Å². The molecule has 0 unspecified atom stereocenters. The Bertz CT molecular complexity index is 687. The molecule has 0 atom stereocenters. The summed E-state index contributed by atoms with van der Waals surface area (Å²) in [4.78, 5) is 0. The van der Waals surface area contributed by atoms with Crippen molar-refractivity contribution in [2.75, 3.05) is 0 Å². The molecule has 3 N–H and O–H groups in total. The van der Waals surface area contributed by atoms with Crippen molar-refractivity contribution in [2.24, 2.45) is 10.9 Å². The minimum atomic E-state index is 0.00565. The first-order valence-corrected chi connectivity index (χ1v) is 6.92. The van der Waals surface area contributed by atoms with Crippen molar-refractivity contribution < 1.29 is 9.94 Å². The van der Waals surface area contributed by atoms with E-state index in [2.05, 4.69) is 5.16 Å². The molecule has 0 bridgehead atoms. The predicted octanol–water partition coefficient (Wildman–Crippen LogP) is 3.98. The maximum atomic E-state index is 8.64. The molecule has 0 saturated heterocycles. The lowest BCUT2D eigenvalue weighted by atomic mass is 10.1. The predicted molar refractivity (Wildman–Crippen MR) is 84.5 cm³/mol. The van der Waals surface area contributed by atoms with Crippen molar-refractivity contribution in [1.82, 2.24) is 0 Å². The van der Waals surface area contributed by atoms with Crippen LogP contribution in [0.2, 0.25) is 10.0 Å². The average Bonchev–Trinajstić information content (AvgIpc) is 2.48. The summed E-state index contributed by atoms with van der Waals surface area (Å²) in [6.07, 6.45) is 0. The zero-order chi connectivity index (χ0) is 15.4. The van der Waals surface area contributed by atoms with Crippen LogP contribution in [-0.2, 0) is 6.61 Å². The Balaban J connectivity index is 2.15. The molecular weight excluding hydrogens is 311 g/mol. The van der Waals surface area contributed by atoms with Gasteiger partial charge in [0, 0.05) is 16.1 Å². The fourth-order valence-electron chi connectivity index (χ4n) is 1.76. The first-order chi connectivity index (χ1) is 10.0. The molecule has 21 heavy (non-hydrogen) atoms. The highest BCUT2D eigenvalue weighted by Gasteiger charge is 2.07. The zero-order valence-corrected chi connectivity index (χ0v) is 12.8. The number of nitrogens with zero attached hydrogens (tertiary/aromatic N) is 1. The van der Waals surface area contributed by atoms with Crippen molar-refractivity contribution in [2.45, 2.75) is 13.5 Å². The molecule has 110 valence electrons. The van der Waals surface area contributed by atoms with Gasteiger partial charge in [0.2, 0.25) is 0 Å².